The highest BCUT2D eigenvalue weighted by atomic mass is 16.2. The number of aryl methyl sites for hydroxylation is 1. The number of hydrogen-bond acceptors (Lipinski definition) is 3. The van der Waals surface area contributed by atoms with Crippen molar-refractivity contribution in [1.29, 1.82) is 0 Å². The Morgan fingerprint density at radius 3 is 2.77 bits per heavy atom. The molecule has 1 unspecified atom stereocenters. The molecule has 0 aliphatic rings. The van der Waals surface area contributed by atoms with Crippen molar-refractivity contribution in [3.05, 3.63) is 48.0 Å². The Kier molecular flexibility index (Phi) is 5.52. The van der Waals surface area contributed by atoms with Crippen LogP contribution in [0.4, 0.5) is 4.79 Å². The monoisotopic (exact) mass is 301 g/mol. The first-order valence-corrected chi connectivity index (χ1v) is 7.55. The van der Waals surface area contributed by atoms with E-state index in [1.165, 1.54) is 6.33 Å². The van der Waals surface area contributed by atoms with Crippen LogP contribution in [0.15, 0.2) is 36.7 Å². The van der Waals surface area contributed by atoms with Gasteiger partial charge in [-0.05, 0) is 18.9 Å². The molecule has 1 aromatic heterocycles. The van der Waals surface area contributed by atoms with Crippen molar-refractivity contribution >= 4 is 6.03 Å². The second kappa shape index (κ2) is 7.59. The van der Waals surface area contributed by atoms with Crippen molar-refractivity contribution in [2.45, 2.75) is 39.4 Å². The van der Waals surface area contributed by atoms with Crippen molar-refractivity contribution in [1.82, 2.24) is 25.0 Å². The van der Waals surface area contributed by atoms with Crippen molar-refractivity contribution in [2.24, 2.45) is 0 Å². The van der Waals surface area contributed by atoms with Crippen LogP contribution in [-0.4, -0.2) is 32.7 Å². The number of nitrogens with one attached hydrogen (secondary N) is 1. The minimum atomic E-state index is -0.181. The normalized spacial score (nSPS) is 12.0. The van der Waals surface area contributed by atoms with Crippen LogP contribution in [-0.2, 0) is 13.1 Å². The van der Waals surface area contributed by atoms with Gasteiger partial charge in [-0.2, -0.15) is 5.10 Å². The van der Waals surface area contributed by atoms with Crippen LogP contribution in [0.1, 0.15) is 37.7 Å². The van der Waals surface area contributed by atoms with Gasteiger partial charge in [0.25, 0.3) is 0 Å². The fraction of sp³-hybridized carbons (Fsp3) is 0.438. The molecular formula is C16H23N5O. The van der Waals surface area contributed by atoms with Crippen molar-refractivity contribution < 1.29 is 4.79 Å². The fourth-order valence-electron chi connectivity index (χ4n) is 2.28. The van der Waals surface area contributed by atoms with Crippen LogP contribution in [0, 0.1) is 0 Å². The molecule has 0 aliphatic carbocycles. The summed E-state index contributed by atoms with van der Waals surface area (Å²) in [6.45, 7) is 5.38. The molecule has 0 saturated carbocycles. The van der Waals surface area contributed by atoms with E-state index in [9.17, 15) is 4.79 Å². The summed E-state index contributed by atoms with van der Waals surface area (Å²) in [6.07, 6.45) is 2.51. The summed E-state index contributed by atoms with van der Waals surface area (Å²) in [4.78, 5) is 18.2. The molecule has 0 fully saturated rings. The fourth-order valence-corrected chi connectivity index (χ4v) is 2.28. The summed E-state index contributed by atoms with van der Waals surface area (Å²) >= 11 is 0. The summed E-state index contributed by atoms with van der Waals surface area (Å²) in [6, 6.07) is 9.61. The average Bonchev–Trinajstić information content (AvgIpc) is 2.97. The minimum Gasteiger partial charge on any atom is -0.328 e. The Bertz CT molecular complexity index is 596. The molecule has 1 aromatic carbocycles. The van der Waals surface area contributed by atoms with Crippen LogP contribution in [0.2, 0.25) is 0 Å². The lowest BCUT2D eigenvalue weighted by atomic mass is 10.2. The topological polar surface area (TPSA) is 63.1 Å². The first-order valence-electron chi connectivity index (χ1n) is 7.55. The van der Waals surface area contributed by atoms with Gasteiger partial charge in [0.05, 0.1) is 6.04 Å². The zero-order valence-electron chi connectivity index (χ0n) is 13.4. The van der Waals surface area contributed by atoms with Gasteiger partial charge in [0.15, 0.2) is 0 Å². The molecule has 2 aromatic rings. The van der Waals surface area contributed by atoms with E-state index in [0.29, 0.717) is 6.54 Å². The van der Waals surface area contributed by atoms with Crippen LogP contribution in [0.3, 0.4) is 0 Å². The van der Waals surface area contributed by atoms with E-state index in [1.54, 1.807) is 11.9 Å². The summed E-state index contributed by atoms with van der Waals surface area (Å²) in [5, 5.41) is 7.15. The maximum Gasteiger partial charge on any atom is 0.318 e. The number of aromatic nitrogens is 3. The number of benzene rings is 1. The van der Waals surface area contributed by atoms with E-state index in [4.69, 9.17) is 0 Å². The quantitative estimate of drug-likeness (QED) is 0.892. The van der Waals surface area contributed by atoms with E-state index in [-0.39, 0.29) is 12.1 Å². The highest BCUT2D eigenvalue weighted by molar-refractivity contribution is 5.74. The van der Waals surface area contributed by atoms with Gasteiger partial charge < -0.3 is 10.2 Å². The van der Waals surface area contributed by atoms with E-state index in [2.05, 4.69) is 22.3 Å². The SMILES string of the molecule is CCCn1ncnc1C(C)NC(=O)N(C)Cc1ccccc1. The summed E-state index contributed by atoms with van der Waals surface area (Å²) < 4.78 is 1.84. The van der Waals surface area contributed by atoms with Crippen LogP contribution >= 0.6 is 0 Å². The molecule has 2 amide bonds. The number of hydrogen-bond donors (Lipinski definition) is 1. The van der Waals surface area contributed by atoms with Gasteiger partial charge in [-0.15, -0.1) is 0 Å². The number of amides is 2. The zero-order valence-corrected chi connectivity index (χ0v) is 13.4. The number of urea groups is 1. The molecule has 1 atom stereocenters. The average molecular weight is 301 g/mol. The highest BCUT2D eigenvalue weighted by Gasteiger charge is 2.17. The van der Waals surface area contributed by atoms with Crippen LogP contribution in [0.25, 0.3) is 0 Å². The third-order valence-corrected chi connectivity index (χ3v) is 3.42. The molecule has 1 N–H and O–H groups in total. The zero-order chi connectivity index (χ0) is 15.9. The second-order valence-corrected chi connectivity index (χ2v) is 5.35. The van der Waals surface area contributed by atoms with Gasteiger partial charge >= 0.3 is 6.03 Å². The molecule has 22 heavy (non-hydrogen) atoms. The van der Waals surface area contributed by atoms with Gasteiger partial charge in [-0.25, -0.2) is 14.5 Å². The van der Waals surface area contributed by atoms with E-state index < -0.39 is 0 Å². The third-order valence-electron chi connectivity index (χ3n) is 3.42. The van der Waals surface area contributed by atoms with E-state index in [1.807, 2.05) is 41.9 Å². The smallest absolute Gasteiger partial charge is 0.318 e. The lowest BCUT2D eigenvalue weighted by Crippen LogP contribution is -2.39. The lowest BCUT2D eigenvalue weighted by Gasteiger charge is -2.21. The minimum absolute atomic E-state index is 0.123. The standard InChI is InChI=1S/C16H23N5O/c1-4-10-21-15(17-12-18-21)13(2)19-16(22)20(3)11-14-8-6-5-7-9-14/h5-9,12-13H,4,10-11H2,1-3H3,(H,19,22). The second-order valence-electron chi connectivity index (χ2n) is 5.35. The first-order chi connectivity index (χ1) is 10.6. The maximum atomic E-state index is 12.3. The summed E-state index contributed by atoms with van der Waals surface area (Å²) in [5.74, 6) is 0.781. The predicted molar refractivity (Wildman–Crippen MR) is 85.2 cm³/mol. The maximum absolute atomic E-state index is 12.3. The van der Waals surface area contributed by atoms with Crippen LogP contribution in [0.5, 0.6) is 0 Å². The molecule has 6 nitrogen and oxygen atoms in total. The number of rotatable bonds is 6. The molecule has 2 rings (SSSR count). The molecule has 0 radical (unpaired) electrons. The molecule has 0 aliphatic heterocycles. The van der Waals surface area contributed by atoms with Gasteiger partial charge in [0.1, 0.15) is 12.2 Å². The lowest BCUT2D eigenvalue weighted by molar-refractivity contribution is 0.202. The third kappa shape index (κ3) is 4.07. The largest absolute Gasteiger partial charge is 0.328 e. The van der Waals surface area contributed by atoms with E-state index in [0.717, 1.165) is 24.4 Å². The molecule has 118 valence electrons. The van der Waals surface area contributed by atoms with Gasteiger partial charge in [0, 0.05) is 20.1 Å². The van der Waals surface area contributed by atoms with Crippen molar-refractivity contribution in [2.75, 3.05) is 7.05 Å². The summed E-state index contributed by atoms with van der Waals surface area (Å²) in [5.41, 5.74) is 1.10. The Balaban J connectivity index is 1.94. The van der Waals surface area contributed by atoms with Crippen molar-refractivity contribution in [3.8, 4) is 0 Å². The molecule has 1 heterocycles. The Labute approximate surface area is 131 Å². The van der Waals surface area contributed by atoms with E-state index >= 15 is 0 Å². The van der Waals surface area contributed by atoms with Crippen LogP contribution < -0.4 is 5.32 Å². The molecule has 0 spiro atoms. The molecule has 6 heteroatoms. The number of carbonyl (C=O) groups is 1. The Morgan fingerprint density at radius 2 is 2.09 bits per heavy atom. The molecular weight excluding hydrogens is 278 g/mol. The molecule has 0 saturated heterocycles. The number of carbonyl (C=O) groups excluding carboxylic acids is 1. The summed E-state index contributed by atoms with van der Waals surface area (Å²) in [7, 11) is 1.78. The van der Waals surface area contributed by atoms with Gasteiger partial charge in [0.2, 0.25) is 0 Å². The Morgan fingerprint density at radius 1 is 1.36 bits per heavy atom. The predicted octanol–water partition coefficient (Wildman–Crippen LogP) is 2.59. The Hall–Kier alpha value is -2.37. The van der Waals surface area contributed by atoms with Gasteiger partial charge in [-0.3, -0.25) is 0 Å². The molecule has 0 bridgehead atoms. The number of nitrogens with zero attached hydrogens (tertiary/aromatic N) is 4. The highest BCUT2D eigenvalue weighted by Crippen LogP contribution is 2.10. The first kappa shape index (κ1) is 16.0. The van der Waals surface area contributed by atoms with Gasteiger partial charge in [-0.1, -0.05) is 37.3 Å². The van der Waals surface area contributed by atoms with Crippen molar-refractivity contribution in [3.63, 3.8) is 0 Å².